The second-order valence-corrected chi connectivity index (χ2v) is 3.87. The van der Waals surface area contributed by atoms with Crippen LogP contribution in [0.15, 0.2) is 35.1 Å². The number of H-pyrrole nitrogens is 1. The molecule has 0 aromatic carbocycles. The number of rotatable bonds is 1. The third-order valence-corrected chi connectivity index (χ3v) is 2.83. The van der Waals surface area contributed by atoms with Gasteiger partial charge in [0.15, 0.2) is 0 Å². The van der Waals surface area contributed by atoms with E-state index in [4.69, 9.17) is 0 Å². The molecule has 2 N–H and O–H groups in total. The van der Waals surface area contributed by atoms with Crippen molar-refractivity contribution in [2.75, 3.05) is 0 Å². The van der Waals surface area contributed by atoms with Crippen LogP contribution in [-0.4, -0.2) is 9.97 Å². The van der Waals surface area contributed by atoms with Crippen molar-refractivity contribution in [2.24, 2.45) is 0 Å². The van der Waals surface area contributed by atoms with Crippen LogP contribution in [-0.2, 0) is 0 Å². The smallest absolute Gasteiger partial charge is 0.0976 e. The van der Waals surface area contributed by atoms with E-state index in [9.17, 15) is 10.5 Å². The number of nitrogens with one attached hydrogen (secondary N) is 2. The van der Waals surface area contributed by atoms with E-state index in [1.807, 2.05) is 13.8 Å². The van der Waals surface area contributed by atoms with Crippen LogP contribution in [0.2, 0.25) is 0 Å². The molecule has 1 aliphatic rings. The fraction of sp³-hybridized carbons (Fsp3) is 0.250. The van der Waals surface area contributed by atoms with Crippen LogP contribution in [0.5, 0.6) is 0 Å². The lowest BCUT2D eigenvalue weighted by Gasteiger charge is -2.24. The predicted octanol–water partition coefficient (Wildman–Crippen LogP) is 1.69. The van der Waals surface area contributed by atoms with E-state index in [2.05, 4.69) is 27.4 Å². The van der Waals surface area contributed by atoms with E-state index in [0.29, 0.717) is 11.1 Å². The van der Waals surface area contributed by atoms with E-state index in [-0.39, 0.29) is 5.92 Å². The Morgan fingerprint density at radius 1 is 1.18 bits per heavy atom. The first-order valence-electron chi connectivity index (χ1n) is 5.16. The van der Waals surface area contributed by atoms with E-state index in [1.165, 1.54) is 0 Å². The maximum Gasteiger partial charge on any atom is 0.0976 e. The normalized spacial score (nSPS) is 16.5. The van der Waals surface area contributed by atoms with E-state index < -0.39 is 0 Å². The zero-order valence-electron chi connectivity index (χ0n) is 9.57. The Labute approximate surface area is 99.1 Å². The Balaban J connectivity index is 2.61. The first-order chi connectivity index (χ1) is 8.19. The average Bonchev–Trinajstić information content (AvgIpc) is 2.81. The highest BCUT2D eigenvalue weighted by molar-refractivity contribution is 5.53. The standard InChI is InChI=1S/C12H11N5/c1-7-9(3-13)12(11-5-15-6-16-11)10(4-14)8(2)17-7/h5-6,12,17H,1-2H3,(H,15,16). The first kappa shape index (κ1) is 11.0. The van der Waals surface area contributed by atoms with E-state index in [0.717, 1.165) is 17.1 Å². The predicted molar refractivity (Wildman–Crippen MR) is 61.1 cm³/mol. The third kappa shape index (κ3) is 1.68. The van der Waals surface area contributed by atoms with Crippen LogP contribution in [0, 0.1) is 22.7 Å². The van der Waals surface area contributed by atoms with Gasteiger partial charge in [0.1, 0.15) is 0 Å². The van der Waals surface area contributed by atoms with Gasteiger partial charge in [0, 0.05) is 23.3 Å². The van der Waals surface area contributed by atoms with Crippen molar-refractivity contribution in [1.82, 2.24) is 15.3 Å². The topological polar surface area (TPSA) is 88.3 Å². The Morgan fingerprint density at radius 3 is 2.18 bits per heavy atom. The minimum atomic E-state index is -0.339. The maximum atomic E-state index is 9.22. The van der Waals surface area contributed by atoms with E-state index >= 15 is 0 Å². The highest BCUT2D eigenvalue weighted by Crippen LogP contribution is 2.35. The molecule has 0 saturated heterocycles. The number of aromatic nitrogens is 2. The molecule has 0 saturated carbocycles. The van der Waals surface area contributed by atoms with Crippen LogP contribution < -0.4 is 5.32 Å². The van der Waals surface area contributed by atoms with Crippen LogP contribution in [0.1, 0.15) is 25.5 Å². The summed E-state index contributed by atoms with van der Waals surface area (Å²) >= 11 is 0. The zero-order valence-corrected chi connectivity index (χ0v) is 9.57. The summed E-state index contributed by atoms with van der Waals surface area (Å²) in [4.78, 5) is 6.91. The zero-order chi connectivity index (χ0) is 12.4. The quantitative estimate of drug-likeness (QED) is 0.761. The van der Waals surface area contributed by atoms with Crippen LogP contribution >= 0.6 is 0 Å². The van der Waals surface area contributed by atoms with Crippen molar-refractivity contribution in [1.29, 1.82) is 10.5 Å². The lowest BCUT2D eigenvalue weighted by Crippen LogP contribution is -2.23. The number of allylic oxidation sites excluding steroid dienone is 4. The van der Waals surface area contributed by atoms with Crippen molar-refractivity contribution in [3.8, 4) is 12.1 Å². The number of imidazole rings is 1. The minimum absolute atomic E-state index is 0.339. The Kier molecular flexibility index (Phi) is 2.68. The molecule has 5 heteroatoms. The largest absolute Gasteiger partial charge is 0.361 e. The van der Waals surface area contributed by atoms with Gasteiger partial charge in [0.05, 0.1) is 35.5 Å². The van der Waals surface area contributed by atoms with Crippen LogP contribution in [0.25, 0.3) is 0 Å². The number of hydrogen-bond acceptors (Lipinski definition) is 4. The Morgan fingerprint density at radius 2 is 1.76 bits per heavy atom. The van der Waals surface area contributed by atoms with Gasteiger partial charge < -0.3 is 10.3 Å². The van der Waals surface area contributed by atoms with Gasteiger partial charge in [-0.2, -0.15) is 10.5 Å². The number of aromatic amines is 1. The molecule has 84 valence electrons. The molecule has 0 bridgehead atoms. The van der Waals surface area contributed by atoms with Gasteiger partial charge in [-0.15, -0.1) is 0 Å². The van der Waals surface area contributed by atoms with Crippen LogP contribution in [0.4, 0.5) is 0 Å². The molecule has 17 heavy (non-hydrogen) atoms. The van der Waals surface area contributed by atoms with Gasteiger partial charge in [0.2, 0.25) is 0 Å². The molecule has 0 amide bonds. The van der Waals surface area contributed by atoms with Crippen molar-refractivity contribution in [3.63, 3.8) is 0 Å². The summed E-state index contributed by atoms with van der Waals surface area (Å²) in [7, 11) is 0. The number of hydrogen-bond donors (Lipinski definition) is 2. The summed E-state index contributed by atoms with van der Waals surface area (Å²) in [6, 6.07) is 4.32. The molecule has 1 aromatic rings. The van der Waals surface area contributed by atoms with E-state index in [1.54, 1.807) is 12.5 Å². The van der Waals surface area contributed by atoms with Crippen molar-refractivity contribution < 1.29 is 0 Å². The number of nitrogens with zero attached hydrogens (tertiary/aromatic N) is 3. The molecule has 0 atom stereocenters. The van der Waals surface area contributed by atoms with Gasteiger partial charge in [-0.05, 0) is 13.8 Å². The second kappa shape index (κ2) is 4.15. The van der Waals surface area contributed by atoms with Gasteiger partial charge in [0.25, 0.3) is 0 Å². The van der Waals surface area contributed by atoms with Crippen molar-refractivity contribution in [2.45, 2.75) is 19.8 Å². The number of dihydropyridines is 1. The summed E-state index contributed by atoms with van der Waals surface area (Å²) < 4.78 is 0. The summed E-state index contributed by atoms with van der Waals surface area (Å²) in [6.07, 6.45) is 3.19. The molecule has 0 aliphatic carbocycles. The SMILES string of the molecule is CC1=C(C#N)C(c2cnc[nH]2)C(C#N)=C(C)N1. The van der Waals surface area contributed by atoms with Crippen molar-refractivity contribution in [3.05, 3.63) is 40.8 Å². The molecule has 5 nitrogen and oxygen atoms in total. The summed E-state index contributed by atoms with van der Waals surface area (Å²) in [5.41, 5.74) is 3.43. The molecular weight excluding hydrogens is 214 g/mol. The maximum absolute atomic E-state index is 9.22. The first-order valence-corrected chi connectivity index (χ1v) is 5.16. The summed E-state index contributed by atoms with van der Waals surface area (Å²) in [5, 5.41) is 21.5. The summed E-state index contributed by atoms with van der Waals surface area (Å²) in [5.74, 6) is -0.339. The fourth-order valence-electron chi connectivity index (χ4n) is 2.03. The fourth-order valence-corrected chi connectivity index (χ4v) is 2.03. The molecular formula is C12H11N5. The van der Waals surface area contributed by atoms with Crippen molar-refractivity contribution >= 4 is 0 Å². The third-order valence-electron chi connectivity index (χ3n) is 2.83. The highest BCUT2D eigenvalue weighted by Gasteiger charge is 2.29. The van der Waals surface area contributed by atoms with Crippen LogP contribution in [0.3, 0.4) is 0 Å². The Bertz CT molecular complexity index is 541. The lowest BCUT2D eigenvalue weighted by molar-refractivity contribution is 0.800. The van der Waals surface area contributed by atoms with Gasteiger partial charge in [-0.25, -0.2) is 4.98 Å². The molecule has 1 aliphatic heterocycles. The second-order valence-electron chi connectivity index (χ2n) is 3.87. The van der Waals surface area contributed by atoms with Gasteiger partial charge >= 0.3 is 0 Å². The van der Waals surface area contributed by atoms with Gasteiger partial charge in [-0.3, -0.25) is 0 Å². The van der Waals surface area contributed by atoms with Gasteiger partial charge in [-0.1, -0.05) is 0 Å². The highest BCUT2D eigenvalue weighted by atomic mass is 14.9. The molecule has 0 spiro atoms. The molecule has 0 unspecified atom stereocenters. The molecule has 2 rings (SSSR count). The molecule has 2 heterocycles. The molecule has 1 aromatic heterocycles. The monoisotopic (exact) mass is 225 g/mol. The lowest BCUT2D eigenvalue weighted by atomic mass is 9.85. The Hall–Kier alpha value is -2.53. The average molecular weight is 225 g/mol. The number of nitriles is 2. The summed E-state index contributed by atoms with van der Waals surface area (Å²) in [6.45, 7) is 3.67. The minimum Gasteiger partial charge on any atom is -0.361 e. The molecule has 0 fully saturated rings. The molecule has 0 radical (unpaired) electrons.